The average Bonchev–Trinajstić information content (AvgIpc) is 2.42. The van der Waals surface area contributed by atoms with E-state index in [1.807, 2.05) is 13.8 Å². The van der Waals surface area contributed by atoms with Gasteiger partial charge in [0, 0.05) is 12.8 Å². The predicted molar refractivity (Wildman–Crippen MR) is 348 cm³/mol. The van der Waals surface area contributed by atoms with E-state index in [0.29, 0.717) is 102 Å². The van der Waals surface area contributed by atoms with E-state index in [2.05, 4.69) is 47.9 Å². The Morgan fingerprint density at radius 3 is 0.912 bits per heavy atom. The largest absolute Gasteiger partial charge is 0.480 e. The minimum Gasteiger partial charge on any atom is -0.480 e. The summed E-state index contributed by atoms with van der Waals surface area (Å²) in [5.41, 5.74) is 46.8. The average molecular weight is 1290 g/mol. The number of primary amides is 1. The Balaban J connectivity index is 3.73. The molecule has 0 unspecified atom stereocenters. The molecule has 91 heavy (non-hydrogen) atoms. The number of nitrogens with two attached hydrogens (primary N) is 8. The van der Waals surface area contributed by atoms with Crippen molar-refractivity contribution in [2.75, 3.05) is 39.3 Å². The summed E-state index contributed by atoms with van der Waals surface area (Å²) < 4.78 is 0. The molecule has 10 amide bonds. The van der Waals surface area contributed by atoms with E-state index < -0.39 is 125 Å². The van der Waals surface area contributed by atoms with Crippen LogP contribution in [0.4, 0.5) is 0 Å². The Hall–Kier alpha value is -6.89. The molecule has 0 bridgehead atoms. The number of nitrogens with one attached hydrogen (secondary N) is 9. The first kappa shape index (κ1) is 82.1. The second-order valence-corrected chi connectivity index (χ2v) is 24.2. The third kappa shape index (κ3) is 35.5. The molecular formula is C62H113N17O12. The molecule has 26 N–H and O–H groups in total. The van der Waals surface area contributed by atoms with Crippen LogP contribution in [0.5, 0.6) is 0 Å². The number of aliphatic carboxylic acids is 1. The van der Waals surface area contributed by atoms with Crippen molar-refractivity contribution in [1.82, 2.24) is 47.9 Å². The molecule has 1 aromatic carbocycles. The summed E-state index contributed by atoms with van der Waals surface area (Å²) in [7, 11) is 0. The SMILES string of the molecule is CC(C)C[C@H](NC(=O)[C@H](CCCCN)NC(=O)[C@H](CCCCN)NC(=O)[C@H](Cc1ccccc1)NC(=O)[C@H](CCCCN)NC(=O)[C@H](CCCCN)NC(=O)[C@H](CC(C)C)NC(=O)[C@H](CCCCN)NC(=O)[C@@H](N)CCCCN)C(=O)N[C@@H](CCC(N)=O)C(=O)O. The summed E-state index contributed by atoms with van der Waals surface area (Å²) in [6.45, 7) is 9.09. The van der Waals surface area contributed by atoms with Crippen LogP contribution in [-0.4, -0.2) is 170 Å². The van der Waals surface area contributed by atoms with Crippen molar-refractivity contribution in [2.45, 2.75) is 236 Å². The van der Waals surface area contributed by atoms with Gasteiger partial charge in [0.15, 0.2) is 0 Å². The number of rotatable bonds is 52. The Kier molecular flexibility index (Phi) is 43.3. The number of benzene rings is 1. The van der Waals surface area contributed by atoms with Gasteiger partial charge in [-0.05, 0) is 185 Å². The molecule has 0 aliphatic carbocycles. The van der Waals surface area contributed by atoms with Gasteiger partial charge >= 0.3 is 5.97 Å². The van der Waals surface area contributed by atoms with Crippen molar-refractivity contribution in [3.05, 3.63) is 35.9 Å². The summed E-state index contributed by atoms with van der Waals surface area (Å²) in [6.07, 6.45) is 5.84. The zero-order chi connectivity index (χ0) is 68.3. The molecule has 10 atom stereocenters. The van der Waals surface area contributed by atoms with Crippen LogP contribution >= 0.6 is 0 Å². The third-order valence-corrected chi connectivity index (χ3v) is 15.1. The molecule has 0 aromatic heterocycles. The third-order valence-electron chi connectivity index (χ3n) is 15.1. The van der Waals surface area contributed by atoms with Crippen LogP contribution in [0, 0.1) is 11.8 Å². The lowest BCUT2D eigenvalue weighted by Crippen LogP contribution is -2.61. The lowest BCUT2D eigenvalue weighted by atomic mass is 10.00. The second kappa shape index (κ2) is 47.9. The molecule has 29 heteroatoms. The van der Waals surface area contributed by atoms with Gasteiger partial charge in [-0.3, -0.25) is 47.9 Å². The van der Waals surface area contributed by atoms with Crippen LogP contribution < -0.4 is 93.7 Å². The molecule has 518 valence electrons. The number of carboxylic acid groups (broad SMARTS) is 1. The standard InChI is InChI=1S/C62H113N17O12/c1-39(2)36-49(77-56(84)43(23-9-15-31-64)71-53(81)42(69)22-8-14-30-63)59(87)74-44(24-10-16-32-65)54(82)73-47(27-13-19-35-68)58(86)79-51(38-41-20-6-5-7-21-41)61(89)75-45(25-11-17-33-66)55(83)72-46(26-12-18-34-67)57(85)78-50(37-40(3)4)60(88)76-48(62(90)91)28-29-52(70)80/h5-7,20-21,39-40,42-51H,8-19,22-38,63-69H2,1-4H3,(H2,70,80)(H,71,81)(H,72,83)(H,73,82)(H,74,87)(H,75,89)(H,76,88)(H,77,84)(H,78,85)(H,79,86)(H,90,91)/t42-,43-,44-,45-,46-,47-,48-,49-,50-,51-/m0/s1. The molecule has 1 rings (SSSR count). The monoisotopic (exact) mass is 1290 g/mol. The summed E-state index contributed by atoms with van der Waals surface area (Å²) in [4.78, 5) is 152. The summed E-state index contributed by atoms with van der Waals surface area (Å²) in [5.74, 6) is -9.08. The molecule has 0 aliphatic heterocycles. The maximum Gasteiger partial charge on any atom is 0.326 e. The van der Waals surface area contributed by atoms with Crippen molar-refractivity contribution in [3.8, 4) is 0 Å². The van der Waals surface area contributed by atoms with Gasteiger partial charge in [0.1, 0.15) is 54.4 Å². The van der Waals surface area contributed by atoms with Gasteiger partial charge < -0.3 is 98.8 Å². The van der Waals surface area contributed by atoms with E-state index in [4.69, 9.17) is 45.9 Å². The topological polar surface area (TPSA) is 524 Å². The van der Waals surface area contributed by atoms with Crippen LogP contribution in [0.2, 0.25) is 0 Å². The first-order chi connectivity index (χ1) is 43.3. The number of carbonyl (C=O) groups excluding carboxylic acids is 10. The van der Waals surface area contributed by atoms with E-state index in [0.717, 1.165) is 0 Å². The molecule has 0 heterocycles. The normalized spacial score (nSPS) is 14.6. The number of unbranched alkanes of at least 4 members (excludes halogenated alkanes) is 6. The quantitative estimate of drug-likeness (QED) is 0.0318. The Labute approximate surface area is 537 Å². The fourth-order valence-corrected chi connectivity index (χ4v) is 9.91. The molecule has 0 radical (unpaired) electrons. The number of hydrogen-bond acceptors (Lipinski definition) is 18. The van der Waals surface area contributed by atoms with Gasteiger partial charge in [-0.25, -0.2) is 4.79 Å². The fourth-order valence-electron chi connectivity index (χ4n) is 9.91. The lowest BCUT2D eigenvalue weighted by molar-refractivity contribution is -0.142. The van der Waals surface area contributed by atoms with Crippen molar-refractivity contribution in [3.63, 3.8) is 0 Å². The Morgan fingerprint density at radius 1 is 0.352 bits per heavy atom. The molecule has 0 fully saturated rings. The van der Waals surface area contributed by atoms with Gasteiger partial charge in [0.25, 0.3) is 0 Å². The molecule has 0 saturated heterocycles. The second-order valence-electron chi connectivity index (χ2n) is 24.2. The number of amides is 10. The fraction of sp³-hybridized carbons (Fsp3) is 0.726. The highest BCUT2D eigenvalue weighted by Crippen LogP contribution is 2.15. The van der Waals surface area contributed by atoms with E-state index >= 15 is 0 Å². The summed E-state index contributed by atoms with van der Waals surface area (Å²) in [6, 6.07) is -3.70. The van der Waals surface area contributed by atoms with E-state index in [1.165, 1.54) is 0 Å². The lowest BCUT2D eigenvalue weighted by Gasteiger charge is -2.29. The van der Waals surface area contributed by atoms with Gasteiger partial charge in [-0.2, -0.15) is 0 Å². The van der Waals surface area contributed by atoms with Crippen molar-refractivity contribution in [2.24, 2.45) is 57.7 Å². The molecule has 1 aromatic rings. The highest BCUT2D eigenvalue weighted by atomic mass is 16.4. The van der Waals surface area contributed by atoms with E-state index in [-0.39, 0.29) is 102 Å². The maximum absolute atomic E-state index is 14.8. The molecule has 0 spiro atoms. The van der Waals surface area contributed by atoms with E-state index in [1.54, 1.807) is 44.2 Å². The number of carbonyl (C=O) groups is 11. The number of carboxylic acids is 1. The Morgan fingerprint density at radius 2 is 0.615 bits per heavy atom. The first-order valence-corrected chi connectivity index (χ1v) is 32.6. The zero-order valence-corrected chi connectivity index (χ0v) is 54.4. The molecular weight excluding hydrogens is 1170 g/mol. The van der Waals surface area contributed by atoms with Gasteiger partial charge in [-0.15, -0.1) is 0 Å². The summed E-state index contributed by atoms with van der Waals surface area (Å²) in [5, 5.41) is 34.4. The minimum atomic E-state index is -1.50. The summed E-state index contributed by atoms with van der Waals surface area (Å²) >= 11 is 0. The van der Waals surface area contributed by atoms with Crippen molar-refractivity contribution < 1.29 is 57.8 Å². The molecule has 0 aliphatic rings. The van der Waals surface area contributed by atoms with Crippen LogP contribution in [-0.2, 0) is 59.2 Å². The maximum atomic E-state index is 14.8. The smallest absolute Gasteiger partial charge is 0.326 e. The van der Waals surface area contributed by atoms with Gasteiger partial charge in [0.05, 0.1) is 6.04 Å². The first-order valence-electron chi connectivity index (χ1n) is 32.6. The van der Waals surface area contributed by atoms with Gasteiger partial charge in [0.2, 0.25) is 59.1 Å². The van der Waals surface area contributed by atoms with Crippen LogP contribution in [0.15, 0.2) is 30.3 Å². The zero-order valence-electron chi connectivity index (χ0n) is 54.4. The van der Waals surface area contributed by atoms with E-state index in [9.17, 15) is 57.8 Å². The van der Waals surface area contributed by atoms with Crippen LogP contribution in [0.1, 0.15) is 175 Å². The number of hydrogen-bond donors (Lipinski definition) is 18. The highest BCUT2D eigenvalue weighted by Gasteiger charge is 2.36. The molecule has 29 nitrogen and oxygen atoms in total. The van der Waals surface area contributed by atoms with Crippen LogP contribution in [0.25, 0.3) is 0 Å². The minimum absolute atomic E-state index is 0.0333. The Bertz CT molecular complexity index is 2360. The van der Waals surface area contributed by atoms with Crippen molar-refractivity contribution >= 4 is 65.0 Å². The van der Waals surface area contributed by atoms with Crippen molar-refractivity contribution in [1.29, 1.82) is 0 Å². The highest BCUT2D eigenvalue weighted by molar-refractivity contribution is 5.98. The molecule has 0 saturated carbocycles. The predicted octanol–water partition coefficient (Wildman–Crippen LogP) is -1.86. The van der Waals surface area contributed by atoms with Crippen LogP contribution in [0.3, 0.4) is 0 Å². The van der Waals surface area contributed by atoms with Gasteiger partial charge in [-0.1, -0.05) is 64.4 Å².